The van der Waals surface area contributed by atoms with Gasteiger partial charge in [-0.25, -0.2) is 9.59 Å². The van der Waals surface area contributed by atoms with E-state index in [1.165, 1.54) is 6.08 Å². The average molecular weight is 441 g/mol. The van der Waals surface area contributed by atoms with Crippen molar-refractivity contribution in [2.24, 2.45) is 0 Å². The molecule has 5 heteroatoms. The molecule has 0 heterocycles. The Balaban J connectivity index is 2.10. The molecule has 144 valence electrons. The predicted octanol–water partition coefficient (Wildman–Crippen LogP) is 5.71. The Morgan fingerprint density at radius 1 is 1.29 bits per heavy atom. The maximum atomic E-state index is 12.4. The number of hydrogen-bond donors (Lipinski definition) is 0. The first-order valence-electron chi connectivity index (χ1n) is 9.27. The summed E-state index contributed by atoms with van der Waals surface area (Å²) in [5.74, 6) is 0.426. The standard InChI is InChI=1S/C23H21BrO4/c1-5-16(25)27-21-18-14(7-6-8-15(18)24)20(28-22(26)12(2)3)17-13-9-10-23(4,11-13)19(17)21/h5-8,13H,1-2,9-11H2,3-4H3. The van der Waals surface area contributed by atoms with Gasteiger partial charge in [0.15, 0.2) is 0 Å². The summed E-state index contributed by atoms with van der Waals surface area (Å²) in [5, 5.41) is 1.47. The summed E-state index contributed by atoms with van der Waals surface area (Å²) in [4.78, 5) is 24.5. The van der Waals surface area contributed by atoms with Crippen molar-refractivity contribution in [2.75, 3.05) is 0 Å². The Bertz CT molecular complexity index is 1070. The van der Waals surface area contributed by atoms with Crippen molar-refractivity contribution in [3.8, 4) is 11.5 Å². The number of hydrogen-bond acceptors (Lipinski definition) is 4. The van der Waals surface area contributed by atoms with Crippen LogP contribution in [-0.2, 0) is 15.0 Å². The van der Waals surface area contributed by atoms with E-state index in [2.05, 4.69) is 36.0 Å². The minimum absolute atomic E-state index is 0.120. The molecule has 0 N–H and O–H groups in total. The summed E-state index contributed by atoms with van der Waals surface area (Å²) in [6.45, 7) is 11.1. The smallest absolute Gasteiger partial charge is 0.338 e. The Labute approximate surface area is 172 Å². The molecule has 2 aromatic rings. The Morgan fingerprint density at radius 3 is 2.71 bits per heavy atom. The predicted molar refractivity (Wildman–Crippen MR) is 112 cm³/mol. The van der Waals surface area contributed by atoms with Crippen LogP contribution in [-0.4, -0.2) is 11.9 Å². The van der Waals surface area contributed by atoms with Crippen molar-refractivity contribution < 1.29 is 19.1 Å². The van der Waals surface area contributed by atoms with Crippen LogP contribution >= 0.6 is 15.9 Å². The van der Waals surface area contributed by atoms with Gasteiger partial charge in [0, 0.05) is 38.0 Å². The number of halogens is 1. The average Bonchev–Trinajstić information content (AvgIpc) is 3.18. The number of carbonyl (C=O) groups excluding carboxylic acids is 2. The number of rotatable bonds is 4. The summed E-state index contributed by atoms with van der Waals surface area (Å²) >= 11 is 3.59. The molecule has 2 bridgehead atoms. The fourth-order valence-electron chi connectivity index (χ4n) is 4.69. The van der Waals surface area contributed by atoms with Gasteiger partial charge >= 0.3 is 11.9 Å². The SMILES string of the molecule is C=CC(=O)Oc1c2c(c(OC(=O)C(=C)C)c3cccc(Br)c13)C1CCC2(C)C1. The van der Waals surface area contributed by atoms with Gasteiger partial charge in [0.2, 0.25) is 0 Å². The topological polar surface area (TPSA) is 52.6 Å². The number of fused-ring (bicyclic) bond motifs is 6. The lowest BCUT2D eigenvalue weighted by Gasteiger charge is -2.29. The summed E-state index contributed by atoms with van der Waals surface area (Å²) in [6.07, 6.45) is 4.15. The fraction of sp³-hybridized carbons (Fsp3) is 0.304. The van der Waals surface area contributed by atoms with E-state index < -0.39 is 11.9 Å². The fourth-order valence-corrected chi connectivity index (χ4v) is 5.23. The number of ether oxygens (including phenoxy) is 2. The van der Waals surface area contributed by atoms with Gasteiger partial charge in [-0.3, -0.25) is 0 Å². The molecule has 28 heavy (non-hydrogen) atoms. The highest BCUT2D eigenvalue weighted by Gasteiger charge is 2.51. The molecule has 0 spiro atoms. The highest BCUT2D eigenvalue weighted by Crippen LogP contribution is 2.64. The zero-order valence-electron chi connectivity index (χ0n) is 15.9. The van der Waals surface area contributed by atoms with Gasteiger partial charge in [-0.15, -0.1) is 0 Å². The second kappa shape index (κ2) is 6.59. The van der Waals surface area contributed by atoms with E-state index >= 15 is 0 Å². The molecule has 0 saturated heterocycles. The maximum absolute atomic E-state index is 12.4. The highest BCUT2D eigenvalue weighted by atomic mass is 79.9. The lowest BCUT2D eigenvalue weighted by atomic mass is 9.78. The molecule has 2 aromatic carbocycles. The minimum Gasteiger partial charge on any atom is -0.422 e. The summed E-state index contributed by atoms with van der Waals surface area (Å²) in [6, 6.07) is 5.66. The molecule has 4 nitrogen and oxygen atoms in total. The second-order valence-corrected chi connectivity index (χ2v) is 8.76. The monoisotopic (exact) mass is 440 g/mol. The van der Waals surface area contributed by atoms with Gasteiger partial charge in [0.25, 0.3) is 0 Å². The van der Waals surface area contributed by atoms with Crippen LogP contribution in [0.3, 0.4) is 0 Å². The van der Waals surface area contributed by atoms with E-state index in [9.17, 15) is 9.59 Å². The van der Waals surface area contributed by atoms with E-state index in [0.29, 0.717) is 17.1 Å². The Morgan fingerprint density at radius 2 is 2.04 bits per heavy atom. The van der Waals surface area contributed by atoms with Gasteiger partial charge in [-0.05, 0) is 43.6 Å². The molecule has 0 aliphatic heterocycles. The molecule has 0 amide bonds. The van der Waals surface area contributed by atoms with Crippen molar-refractivity contribution in [1.29, 1.82) is 0 Å². The number of esters is 2. The zero-order chi connectivity index (χ0) is 20.2. The molecule has 2 aliphatic rings. The molecule has 0 radical (unpaired) electrons. The van der Waals surface area contributed by atoms with Crippen molar-refractivity contribution in [1.82, 2.24) is 0 Å². The number of benzene rings is 2. The first kappa shape index (κ1) is 18.9. The van der Waals surface area contributed by atoms with Gasteiger partial charge in [-0.2, -0.15) is 0 Å². The van der Waals surface area contributed by atoms with Crippen LogP contribution < -0.4 is 9.47 Å². The zero-order valence-corrected chi connectivity index (χ0v) is 17.5. The first-order chi connectivity index (χ1) is 13.3. The normalized spacial score (nSPS) is 22.0. The van der Waals surface area contributed by atoms with E-state index in [4.69, 9.17) is 9.47 Å². The van der Waals surface area contributed by atoms with Crippen molar-refractivity contribution in [3.63, 3.8) is 0 Å². The van der Waals surface area contributed by atoms with Crippen molar-refractivity contribution in [3.05, 3.63) is 58.6 Å². The van der Waals surface area contributed by atoms with E-state index in [-0.39, 0.29) is 11.3 Å². The van der Waals surface area contributed by atoms with Crippen molar-refractivity contribution in [2.45, 2.75) is 44.4 Å². The van der Waals surface area contributed by atoms with Crippen LogP contribution in [0.15, 0.2) is 47.5 Å². The van der Waals surface area contributed by atoms with Crippen LogP contribution in [0.2, 0.25) is 0 Å². The number of carbonyl (C=O) groups is 2. The molecular weight excluding hydrogens is 420 g/mol. The van der Waals surface area contributed by atoms with Gasteiger partial charge in [0.05, 0.1) is 0 Å². The van der Waals surface area contributed by atoms with Crippen LogP contribution in [0.1, 0.15) is 50.2 Å². The van der Waals surface area contributed by atoms with E-state index in [1.54, 1.807) is 6.92 Å². The third-order valence-corrected chi connectivity index (χ3v) is 6.55. The van der Waals surface area contributed by atoms with Crippen LogP contribution in [0.5, 0.6) is 11.5 Å². The third kappa shape index (κ3) is 2.72. The third-order valence-electron chi connectivity index (χ3n) is 5.89. The molecule has 2 aliphatic carbocycles. The second-order valence-electron chi connectivity index (χ2n) is 7.90. The maximum Gasteiger partial charge on any atom is 0.338 e. The van der Waals surface area contributed by atoms with Crippen LogP contribution in [0.25, 0.3) is 10.8 Å². The molecular formula is C23H21BrO4. The summed E-state index contributed by atoms with van der Waals surface area (Å²) < 4.78 is 12.4. The first-order valence-corrected chi connectivity index (χ1v) is 10.1. The van der Waals surface area contributed by atoms with Gasteiger partial charge in [0.1, 0.15) is 11.5 Å². The van der Waals surface area contributed by atoms with Crippen molar-refractivity contribution >= 4 is 38.6 Å². The summed E-state index contributed by atoms with van der Waals surface area (Å²) in [7, 11) is 0. The highest BCUT2D eigenvalue weighted by molar-refractivity contribution is 9.10. The molecule has 1 fully saturated rings. The molecule has 2 atom stereocenters. The largest absolute Gasteiger partial charge is 0.422 e. The molecule has 0 aromatic heterocycles. The molecule has 1 saturated carbocycles. The molecule has 2 unspecified atom stereocenters. The van der Waals surface area contributed by atoms with E-state index in [0.717, 1.165) is 45.6 Å². The van der Waals surface area contributed by atoms with Gasteiger partial charge in [-0.1, -0.05) is 48.1 Å². The molecule has 4 rings (SSSR count). The van der Waals surface area contributed by atoms with Gasteiger partial charge < -0.3 is 9.47 Å². The summed E-state index contributed by atoms with van der Waals surface area (Å²) in [5.41, 5.74) is 2.18. The lowest BCUT2D eigenvalue weighted by molar-refractivity contribution is -0.130. The Kier molecular flexibility index (Phi) is 4.46. The lowest BCUT2D eigenvalue weighted by Crippen LogP contribution is -2.20. The van der Waals surface area contributed by atoms with Crippen LogP contribution in [0, 0.1) is 0 Å². The van der Waals surface area contributed by atoms with Crippen LogP contribution in [0.4, 0.5) is 0 Å². The van der Waals surface area contributed by atoms with E-state index in [1.807, 2.05) is 18.2 Å². The minimum atomic E-state index is -0.502. The quantitative estimate of drug-likeness (QED) is 0.346. The Hall–Kier alpha value is -2.40.